The molecule has 0 aromatic heterocycles. The van der Waals surface area contributed by atoms with Crippen LogP contribution in [0.3, 0.4) is 0 Å². The molecule has 1 saturated heterocycles. The van der Waals surface area contributed by atoms with E-state index in [1.165, 1.54) is 18.6 Å². The summed E-state index contributed by atoms with van der Waals surface area (Å²) in [6.07, 6.45) is 0. The number of Topliss-reactive ketones (excluding diaryl/α,β-unsaturated/α-hetero) is 1. The Morgan fingerprint density at radius 2 is 1.65 bits per heavy atom. The molecule has 1 N–H and O–H groups in total. The molecule has 2 aromatic rings. The number of hydrogen-bond donors (Lipinski definition) is 1. The third-order valence-electron chi connectivity index (χ3n) is 5.53. The molecule has 1 aliphatic rings. The molecule has 0 bridgehead atoms. The van der Waals surface area contributed by atoms with Gasteiger partial charge in [-0.25, -0.2) is 4.39 Å². The third-order valence-corrected chi connectivity index (χ3v) is 6.58. The molecule has 1 fully saturated rings. The second-order valence-corrected chi connectivity index (χ2v) is 8.81. The molecule has 0 saturated carbocycles. The van der Waals surface area contributed by atoms with Gasteiger partial charge in [-0.1, -0.05) is 37.3 Å². The predicted octanol–water partition coefficient (Wildman–Crippen LogP) is 3.57. The summed E-state index contributed by atoms with van der Waals surface area (Å²) in [5.74, 6) is -0.689. The topological polar surface area (TPSA) is 52.6 Å². The number of nitrogens with one attached hydrogen (secondary N) is 1. The standard InChI is InChI=1S/C24H30FN3O2S/c1-3-27-10-12-28(13-11-27)16-20-6-4-19(5-7-20)15-26-24(30)17-31-23-9-8-21(18(2)29)14-22(23)25/h4-9,14H,3,10-13,15-17H2,1-2H3,(H,26,30). The van der Waals surface area contributed by atoms with Crippen molar-refractivity contribution >= 4 is 23.5 Å². The monoisotopic (exact) mass is 443 g/mol. The van der Waals surface area contributed by atoms with Crippen molar-refractivity contribution in [2.75, 3.05) is 38.5 Å². The second kappa shape index (κ2) is 11.4. The zero-order chi connectivity index (χ0) is 22.2. The highest BCUT2D eigenvalue weighted by atomic mass is 32.2. The van der Waals surface area contributed by atoms with Crippen LogP contribution in [0.25, 0.3) is 0 Å². The summed E-state index contributed by atoms with van der Waals surface area (Å²) in [5.41, 5.74) is 2.65. The maximum Gasteiger partial charge on any atom is 0.230 e. The Hall–Kier alpha value is -2.22. The Labute approximate surface area is 188 Å². The molecule has 1 heterocycles. The lowest BCUT2D eigenvalue weighted by molar-refractivity contribution is -0.118. The van der Waals surface area contributed by atoms with Gasteiger partial charge in [-0.3, -0.25) is 14.5 Å². The van der Waals surface area contributed by atoms with Crippen LogP contribution >= 0.6 is 11.8 Å². The molecule has 0 aliphatic carbocycles. The van der Waals surface area contributed by atoms with Crippen LogP contribution in [0.15, 0.2) is 47.4 Å². The van der Waals surface area contributed by atoms with Gasteiger partial charge in [-0.2, -0.15) is 0 Å². The van der Waals surface area contributed by atoms with Gasteiger partial charge in [-0.15, -0.1) is 11.8 Å². The van der Waals surface area contributed by atoms with Gasteiger partial charge in [0.2, 0.25) is 5.91 Å². The van der Waals surface area contributed by atoms with Crippen LogP contribution in [-0.2, 0) is 17.9 Å². The van der Waals surface area contributed by atoms with E-state index in [9.17, 15) is 14.0 Å². The van der Waals surface area contributed by atoms with Gasteiger partial charge in [-0.05, 0) is 36.7 Å². The normalized spacial score (nSPS) is 15.1. The highest BCUT2D eigenvalue weighted by Gasteiger charge is 2.15. The molecule has 0 radical (unpaired) electrons. The smallest absolute Gasteiger partial charge is 0.230 e. The van der Waals surface area contributed by atoms with E-state index in [2.05, 4.69) is 34.2 Å². The van der Waals surface area contributed by atoms with E-state index >= 15 is 0 Å². The molecule has 0 unspecified atom stereocenters. The molecule has 3 rings (SSSR count). The minimum absolute atomic E-state index is 0.123. The van der Waals surface area contributed by atoms with E-state index in [1.54, 1.807) is 12.1 Å². The Morgan fingerprint density at radius 3 is 2.26 bits per heavy atom. The molecule has 2 aromatic carbocycles. The van der Waals surface area contributed by atoms with E-state index in [0.717, 1.165) is 56.6 Å². The Morgan fingerprint density at radius 1 is 1.00 bits per heavy atom. The molecule has 7 heteroatoms. The summed E-state index contributed by atoms with van der Waals surface area (Å²) in [7, 11) is 0. The van der Waals surface area contributed by atoms with Crippen LogP contribution in [0.5, 0.6) is 0 Å². The van der Waals surface area contributed by atoms with Crippen LogP contribution in [0, 0.1) is 5.82 Å². The van der Waals surface area contributed by atoms with Crippen molar-refractivity contribution in [2.45, 2.75) is 31.8 Å². The first kappa shape index (κ1) is 23.4. The van der Waals surface area contributed by atoms with Gasteiger partial charge in [0.15, 0.2) is 5.78 Å². The number of amides is 1. The SMILES string of the molecule is CCN1CCN(Cc2ccc(CNC(=O)CSc3ccc(C(C)=O)cc3F)cc2)CC1. The van der Waals surface area contributed by atoms with E-state index in [4.69, 9.17) is 0 Å². The van der Waals surface area contributed by atoms with Crippen molar-refractivity contribution in [3.05, 3.63) is 65.0 Å². The van der Waals surface area contributed by atoms with Crippen LogP contribution in [0.4, 0.5) is 4.39 Å². The number of piperazine rings is 1. The minimum Gasteiger partial charge on any atom is -0.351 e. The van der Waals surface area contributed by atoms with Crippen molar-refractivity contribution in [2.24, 2.45) is 0 Å². The zero-order valence-corrected chi connectivity index (χ0v) is 19.0. The summed E-state index contributed by atoms with van der Waals surface area (Å²) in [4.78, 5) is 28.7. The molecule has 31 heavy (non-hydrogen) atoms. The second-order valence-electron chi connectivity index (χ2n) is 7.79. The molecule has 166 valence electrons. The zero-order valence-electron chi connectivity index (χ0n) is 18.2. The van der Waals surface area contributed by atoms with Crippen LogP contribution in [0.1, 0.15) is 35.3 Å². The van der Waals surface area contributed by atoms with E-state index in [1.807, 2.05) is 12.1 Å². The number of likely N-dealkylation sites (N-methyl/N-ethyl adjacent to an activating group) is 1. The summed E-state index contributed by atoms with van der Waals surface area (Å²) in [6, 6.07) is 12.7. The van der Waals surface area contributed by atoms with Crippen LogP contribution in [-0.4, -0.2) is 60.0 Å². The first-order chi connectivity index (χ1) is 14.9. The lowest BCUT2D eigenvalue weighted by Gasteiger charge is -2.34. The molecule has 1 aliphatic heterocycles. The van der Waals surface area contributed by atoms with Gasteiger partial charge in [0.25, 0.3) is 0 Å². The lowest BCUT2D eigenvalue weighted by atomic mass is 10.1. The van der Waals surface area contributed by atoms with Gasteiger partial charge >= 0.3 is 0 Å². The highest BCUT2D eigenvalue weighted by Crippen LogP contribution is 2.22. The molecular weight excluding hydrogens is 413 g/mol. The first-order valence-electron chi connectivity index (χ1n) is 10.7. The van der Waals surface area contributed by atoms with E-state index < -0.39 is 5.82 Å². The first-order valence-corrected chi connectivity index (χ1v) is 11.7. The fourth-order valence-corrected chi connectivity index (χ4v) is 4.27. The van der Waals surface area contributed by atoms with Crippen molar-refractivity contribution in [3.8, 4) is 0 Å². The number of carbonyl (C=O) groups excluding carboxylic acids is 2. The van der Waals surface area contributed by atoms with Crippen molar-refractivity contribution in [1.29, 1.82) is 0 Å². The Balaban J connectivity index is 1.41. The maximum atomic E-state index is 14.0. The quantitative estimate of drug-likeness (QED) is 0.474. The molecule has 1 amide bonds. The summed E-state index contributed by atoms with van der Waals surface area (Å²) in [6.45, 7) is 10.6. The Kier molecular flexibility index (Phi) is 8.63. The number of rotatable bonds is 9. The highest BCUT2D eigenvalue weighted by molar-refractivity contribution is 8.00. The Bertz CT molecular complexity index is 896. The van der Waals surface area contributed by atoms with Crippen molar-refractivity contribution in [1.82, 2.24) is 15.1 Å². The summed E-state index contributed by atoms with van der Waals surface area (Å²) >= 11 is 1.13. The van der Waals surface area contributed by atoms with E-state index in [-0.39, 0.29) is 17.4 Å². The van der Waals surface area contributed by atoms with Gasteiger partial charge in [0.1, 0.15) is 5.82 Å². The van der Waals surface area contributed by atoms with Gasteiger partial charge in [0, 0.05) is 49.7 Å². The average Bonchev–Trinajstić information content (AvgIpc) is 2.78. The number of hydrogen-bond acceptors (Lipinski definition) is 5. The van der Waals surface area contributed by atoms with Crippen LogP contribution in [0.2, 0.25) is 0 Å². The maximum absolute atomic E-state index is 14.0. The number of halogens is 1. The van der Waals surface area contributed by atoms with Crippen molar-refractivity contribution < 1.29 is 14.0 Å². The number of thioether (sulfide) groups is 1. The molecular formula is C24H30FN3O2S. The van der Waals surface area contributed by atoms with Gasteiger partial charge < -0.3 is 10.2 Å². The number of ketones is 1. The van der Waals surface area contributed by atoms with Crippen LogP contribution < -0.4 is 5.32 Å². The fourth-order valence-electron chi connectivity index (χ4n) is 3.52. The largest absolute Gasteiger partial charge is 0.351 e. The number of benzene rings is 2. The van der Waals surface area contributed by atoms with Gasteiger partial charge in [0.05, 0.1) is 5.75 Å². The fraction of sp³-hybridized carbons (Fsp3) is 0.417. The molecule has 0 spiro atoms. The summed E-state index contributed by atoms with van der Waals surface area (Å²) < 4.78 is 14.0. The molecule has 0 atom stereocenters. The minimum atomic E-state index is -0.475. The number of carbonyl (C=O) groups is 2. The number of nitrogens with zero attached hydrogens (tertiary/aromatic N) is 2. The average molecular weight is 444 g/mol. The molecule has 5 nitrogen and oxygen atoms in total. The van der Waals surface area contributed by atoms with Crippen molar-refractivity contribution in [3.63, 3.8) is 0 Å². The predicted molar refractivity (Wildman–Crippen MR) is 123 cm³/mol. The van der Waals surface area contributed by atoms with E-state index in [0.29, 0.717) is 17.0 Å². The lowest BCUT2D eigenvalue weighted by Crippen LogP contribution is -2.45. The third kappa shape index (κ3) is 7.16. The summed E-state index contributed by atoms with van der Waals surface area (Å²) in [5, 5.41) is 2.88.